The fourth-order valence-electron chi connectivity index (χ4n) is 1.37. The van der Waals surface area contributed by atoms with E-state index in [0.717, 1.165) is 28.6 Å². The highest BCUT2D eigenvalue weighted by molar-refractivity contribution is 9.10. The number of aromatic hydroxyl groups is 1. The summed E-state index contributed by atoms with van der Waals surface area (Å²) in [5.41, 5.74) is 1.90. The zero-order chi connectivity index (χ0) is 11.3. The number of likely N-dealkylation sites (N-methyl/N-ethyl adjacent to an activating group) is 1. The first kappa shape index (κ1) is 12.5. The van der Waals surface area contributed by atoms with Crippen molar-refractivity contribution in [2.75, 3.05) is 20.7 Å². The number of phenols is 1. The van der Waals surface area contributed by atoms with Crippen molar-refractivity contribution in [3.63, 3.8) is 0 Å². The molecular formula is C11H16BrNO2. The molecule has 0 fully saturated rings. The Kier molecular flexibility index (Phi) is 5.08. The molecule has 0 aliphatic heterocycles. The lowest BCUT2D eigenvalue weighted by Gasteiger charge is -2.09. The highest BCUT2D eigenvalue weighted by Crippen LogP contribution is 2.27. The summed E-state index contributed by atoms with van der Waals surface area (Å²) in [5, 5.41) is 12.8. The lowest BCUT2D eigenvalue weighted by Crippen LogP contribution is -2.10. The second kappa shape index (κ2) is 6.10. The Hall–Kier alpha value is -0.580. The number of nitrogens with one attached hydrogen (secondary N) is 1. The van der Waals surface area contributed by atoms with Crippen LogP contribution in [0.4, 0.5) is 0 Å². The van der Waals surface area contributed by atoms with Crippen molar-refractivity contribution in [3.05, 3.63) is 27.7 Å². The second-order valence-corrected chi connectivity index (χ2v) is 4.21. The average Bonchev–Trinajstić information content (AvgIpc) is 2.21. The van der Waals surface area contributed by atoms with E-state index >= 15 is 0 Å². The fourth-order valence-corrected chi connectivity index (χ4v) is 1.88. The number of hydrogen-bond acceptors (Lipinski definition) is 3. The lowest BCUT2D eigenvalue weighted by atomic mass is 10.1. The summed E-state index contributed by atoms with van der Waals surface area (Å²) in [7, 11) is 3.53. The molecular weight excluding hydrogens is 258 g/mol. The van der Waals surface area contributed by atoms with E-state index in [-0.39, 0.29) is 0 Å². The molecule has 0 amide bonds. The van der Waals surface area contributed by atoms with E-state index in [9.17, 15) is 5.11 Å². The quantitative estimate of drug-likeness (QED) is 0.863. The van der Waals surface area contributed by atoms with E-state index in [2.05, 4.69) is 21.2 Å². The fraction of sp³-hybridized carbons (Fsp3) is 0.455. The summed E-state index contributed by atoms with van der Waals surface area (Å²) >= 11 is 3.46. The molecule has 1 aromatic carbocycles. The molecule has 0 saturated heterocycles. The molecule has 0 unspecified atom stereocenters. The maximum Gasteiger partial charge on any atom is 0.119 e. The number of benzene rings is 1. The smallest absolute Gasteiger partial charge is 0.119 e. The Morgan fingerprint density at radius 2 is 2.13 bits per heavy atom. The van der Waals surface area contributed by atoms with Crippen LogP contribution in [0.25, 0.3) is 0 Å². The van der Waals surface area contributed by atoms with Crippen molar-refractivity contribution in [1.82, 2.24) is 5.32 Å². The maximum absolute atomic E-state index is 9.76. The monoisotopic (exact) mass is 273 g/mol. The summed E-state index contributed by atoms with van der Waals surface area (Å²) < 4.78 is 6.01. The van der Waals surface area contributed by atoms with Gasteiger partial charge in [0.25, 0.3) is 0 Å². The molecule has 15 heavy (non-hydrogen) atoms. The topological polar surface area (TPSA) is 41.5 Å². The predicted octanol–water partition coefficient (Wildman–Crippen LogP) is 2.06. The van der Waals surface area contributed by atoms with Crippen molar-refractivity contribution < 1.29 is 9.84 Å². The summed E-state index contributed by atoms with van der Waals surface area (Å²) in [6.07, 6.45) is 0.814. The SMILES string of the molecule is CNCCc1cc(Br)c(COC)cc1O. The van der Waals surface area contributed by atoms with Crippen LogP contribution in [0.2, 0.25) is 0 Å². The van der Waals surface area contributed by atoms with Gasteiger partial charge in [-0.15, -0.1) is 0 Å². The van der Waals surface area contributed by atoms with Crippen LogP contribution in [0.15, 0.2) is 16.6 Å². The third-order valence-electron chi connectivity index (χ3n) is 2.19. The third-order valence-corrected chi connectivity index (χ3v) is 2.93. The Labute approximate surface area is 98.6 Å². The highest BCUT2D eigenvalue weighted by Gasteiger charge is 2.07. The molecule has 0 bridgehead atoms. The van der Waals surface area contributed by atoms with Crippen LogP contribution in [0.5, 0.6) is 5.75 Å². The summed E-state index contributed by atoms with van der Waals surface area (Å²) in [4.78, 5) is 0. The van der Waals surface area contributed by atoms with E-state index in [1.807, 2.05) is 13.1 Å². The minimum absolute atomic E-state index is 0.334. The zero-order valence-corrected chi connectivity index (χ0v) is 10.6. The molecule has 1 rings (SSSR count). The molecule has 1 aromatic rings. The van der Waals surface area contributed by atoms with Gasteiger partial charge >= 0.3 is 0 Å². The summed E-state index contributed by atoms with van der Waals surface area (Å²) in [6, 6.07) is 3.69. The molecule has 0 aromatic heterocycles. The maximum atomic E-state index is 9.76. The van der Waals surface area contributed by atoms with Crippen LogP contribution in [-0.2, 0) is 17.8 Å². The van der Waals surface area contributed by atoms with Crippen molar-refractivity contribution in [3.8, 4) is 5.75 Å². The molecule has 0 atom stereocenters. The van der Waals surface area contributed by atoms with Crippen molar-refractivity contribution >= 4 is 15.9 Å². The van der Waals surface area contributed by atoms with Crippen LogP contribution in [0, 0.1) is 0 Å². The molecule has 4 heteroatoms. The molecule has 3 nitrogen and oxygen atoms in total. The minimum Gasteiger partial charge on any atom is -0.508 e. The molecule has 84 valence electrons. The van der Waals surface area contributed by atoms with E-state index < -0.39 is 0 Å². The van der Waals surface area contributed by atoms with Crippen molar-refractivity contribution in [2.24, 2.45) is 0 Å². The number of halogens is 1. The molecule has 0 spiro atoms. The zero-order valence-electron chi connectivity index (χ0n) is 9.01. The van der Waals surface area contributed by atoms with Gasteiger partial charge in [0.1, 0.15) is 5.75 Å². The Balaban J connectivity index is 2.87. The standard InChI is InChI=1S/C11H16BrNO2/c1-13-4-3-8-5-10(12)9(7-15-2)6-11(8)14/h5-6,13-14H,3-4,7H2,1-2H3. The predicted molar refractivity (Wildman–Crippen MR) is 64.2 cm³/mol. The van der Waals surface area contributed by atoms with Crippen LogP contribution < -0.4 is 5.32 Å². The Bertz CT molecular complexity index is 329. The van der Waals surface area contributed by atoms with Crippen molar-refractivity contribution in [2.45, 2.75) is 13.0 Å². The normalized spacial score (nSPS) is 10.6. The molecule has 0 aliphatic rings. The average molecular weight is 274 g/mol. The summed E-state index contributed by atoms with van der Waals surface area (Å²) in [5.74, 6) is 0.334. The van der Waals surface area contributed by atoms with Gasteiger partial charge in [-0.3, -0.25) is 0 Å². The Morgan fingerprint density at radius 3 is 2.73 bits per heavy atom. The van der Waals surface area contributed by atoms with Gasteiger partial charge in [0, 0.05) is 11.6 Å². The van der Waals surface area contributed by atoms with Gasteiger partial charge in [0.2, 0.25) is 0 Å². The van der Waals surface area contributed by atoms with Crippen LogP contribution in [0.1, 0.15) is 11.1 Å². The number of methoxy groups -OCH3 is 1. The Morgan fingerprint density at radius 1 is 1.40 bits per heavy atom. The van der Waals surface area contributed by atoms with Gasteiger partial charge in [-0.1, -0.05) is 15.9 Å². The van der Waals surface area contributed by atoms with E-state index in [0.29, 0.717) is 12.4 Å². The molecule has 0 aliphatic carbocycles. The van der Waals surface area contributed by atoms with Gasteiger partial charge in [0.05, 0.1) is 6.61 Å². The number of ether oxygens (including phenoxy) is 1. The first-order chi connectivity index (χ1) is 7.19. The van der Waals surface area contributed by atoms with Crippen molar-refractivity contribution in [1.29, 1.82) is 0 Å². The van der Waals surface area contributed by atoms with E-state index in [1.54, 1.807) is 13.2 Å². The molecule has 0 heterocycles. The molecule has 0 saturated carbocycles. The van der Waals surface area contributed by atoms with Gasteiger partial charge in [-0.05, 0) is 43.3 Å². The number of rotatable bonds is 5. The highest BCUT2D eigenvalue weighted by atomic mass is 79.9. The minimum atomic E-state index is 0.334. The van der Waals surface area contributed by atoms with Gasteiger partial charge in [0.15, 0.2) is 0 Å². The molecule has 0 radical (unpaired) electrons. The first-order valence-corrected chi connectivity index (χ1v) is 5.62. The van der Waals surface area contributed by atoms with Gasteiger partial charge in [-0.2, -0.15) is 0 Å². The first-order valence-electron chi connectivity index (χ1n) is 4.82. The van der Waals surface area contributed by atoms with Gasteiger partial charge in [-0.25, -0.2) is 0 Å². The summed E-state index contributed by atoms with van der Waals surface area (Å²) in [6.45, 7) is 1.35. The number of phenolic OH excluding ortho intramolecular Hbond substituents is 1. The van der Waals surface area contributed by atoms with E-state index in [4.69, 9.17) is 4.74 Å². The lowest BCUT2D eigenvalue weighted by molar-refractivity contribution is 0.184. The van der Waals surface area contributed by atoms with Crippen LogP contribution >= 0.6 is 15.9 Å². The van der Waals surface area contributed by atoms with Crippen LogP contribution in [0.3, 0.4) is 0 Å². The number of hydrogen-bond donors (Lipinski definition) is 2. The van der Waals surface area contributed by atoms with E-state index in [1.165, 1.54) is 0 Å². The van der Waals surface area contributed by atoms with Gasteiger partial charge < -0.3 is 15.2 Å². The third kappa shape index (κ3) is 3.48. The van der Waals surface area contributed by atoms with Crippen LogP contribution in [-0.4, -0.2) is 25.8 Å². The second-order valence-electron chi connectivity index (χ2n) is 3.36. The molecule has 2 N–H and O–H groups in total. The largest absolute Gasteiger partial charge is 0.508 e.